The number of hydrogen-bond donors (Lipinski definition) is 0. The Bertz CT molecular complexity index is 1320. The lowest BCUT2D eigenvalue weighted by Gasteiger charge is -2.18. The fourth-order valence-corrected chi connectivity index (χ4v) is 4.77. The second-order valence-electron chi connectivity index (χ2n) is 8.63. The van der Waals surface area contributed by atoms with E-state index in [1.165, 1.54) is 23.1 Å². The van der Waals surface area contributed by atoms with E-state index in [0.29, 0.717) is 12.1 Å². The maximum absolute atomic E-state index is 12.2. The summed E-state index contributed by atoms with van der Waals surface area (Å²) < 4.78 is 7.54. The number of rotatable bonds is 5. The van der Waals surface area contributed by atoms with Gasteiger partial charge < -0.3 is 4.42 Å². The summed E-state index contributed by atoms with van der Waals surface area (Å²) in [7, 11) is 2.09. The standard InChI is InChI=1S/C26H27N3O2/c1-17-24(18(2)29(27-17)22-10-5-4-6-11-22)16-28(3)15-21-14-26(30)31-25-13-20-9-7-8-19(20)12-23(21)25/h4-6,10-14H,7-9,15-16H2,1-3H3. The van der Waals surface area contributed by atoms with Gasteiger partial charge in [-0.15, -0.1) is 0 Å². The van der Waals surface area contributed by atoms with Gasteiger partial charge in [0.05, 0.1) is 11.4 Å². The molecule has 31 heavy (non-hydrogen) atoms. The first kappa shape index (κ1) is 19.8. The summed E-state index contributed by atoms with van der Waals surface area (Å²) in [5.74, 6) is 0. The monoisotopic (exact) mass is 413 g/mol. The maximum Gasteiger partial charge on any atom is 0.336 e. The molecular weight excluding hydrogens is 386 g/mol. The molecule has 2 aromatic carbocycles. The zero-order valence-corrected chi connectivity index (χ0v) is 18.3. The second kappa shape index (κ2) is 7.82. The predicted octanol–water partition coefficient (Wildman–Crippen LogP) is 4.72. The van der Waals surface area contributed by atoms with E-state index in [4.69, 9.17) is 9.52 Å². The molecule has 2 aromatic heterocycles. The molecule has 0 saturated carbocycles. The van der Waals surface area contributed by atoms with Crippen LogP contribution in [0.5, 0.6) is 0 Å². The van der Waals surface area contributed by atoms with E-state index in [0.717, 1.165) is 47.4 Å². The average Bonchev–Trinajstić information content (AvgIpc) is 3.32. The maximum atomic E-state index is 12.2. The third-order valence-electron chi connectivity index (χ3n) is 6.35. The molecule has 5 nitrogen and oxygen atoms in total. The topological polar surface area (TPSA) is 51.3 Å². The van der Waals surface area contributed by atoms with Crippen molar-refractivity contribution >= 4 is 11.0 Å². The van der Waals surface area contributed by atoms with Crippen LogP contribution in [0.25, 0.3) is 16.7 Å². The van der Waals surface area contributed by atoms with Gasteiger partial charge >= 0.3 is 5.63 Å². The summed E-state index contributed by atoms with van der Waals surface area (Å²) in [4.78, 5) is 14.5. The van der Waals surface area contributed by atoms with Crippen molar-refractivity contribution in [1.29, 1.82) is 0 Å². The number of aromatic nitrogens is 2. The lowest BCUT2D eigenvalue weighted by molar-refractivity contribution is 0.318. The minimum absolute atomic E-state index is 0.280. The highest BCUT2D eigenvalue weighted by atomic mass is 16.4. The molecule has 0 radical (unpaired) electrons. The molecule has 0 saturated heterocycles. The number of fused-ring (bicyclic) bond motifs is 2. The third-order valence-corrected chi connectivity index (χ3v) is 6.35. The Morgan fingerprint density at radius 3 is 2.55 bits per heavy atom. The lowest BCUT2D eigenvalue weighted by atomic mass is 10.0. The molecule has 0 bridgehead atoms. The van der Waals surface area contributed by atoms with Crippen LogP contribution in [-0.2, 0) is 25.9 Å². The predicted molar refractivity (Wildman–Crippen MR) is 123 cm³/mol. The lowest BCUT2D eigenvalue weighted by Crippen LogP contribution is -2.19. The van der Waals surface area contributed by atoms with E-state index in [2.05, 4.69) is 50.1 Å². The van der Waals surface area contributed by atoms with Crippen LogP contribution >= 0.6 is 0 Å². The second-order valence-corrected chi connectivity index (χ2v) is 8.63. The largest absolute Gasteiger partial charge is 0.423 e. The SMILES string of the molecule is Cc1nn(-c2ccccc2)c(C)c1CN(C)Cc1cc(=O)oc2cc3c(cc12)CCC3. The fraction of sp³-hybridized carbons (Fsp3) is 0.308. The molecule has 0 unspecified atom stereocenters. The Kier molecular flexibility index (Phi) is 4.98. The van der Waals surface area contributed by atoms with E-state index >= 15 is 0 Å². The van der Waals surface area contributed by atoms with Crippen LogP contribution in [0.15, 0.2) is 57.7 Å². The van der Waals surface area contributed by atoms with Gasteiger partial charge in [0.15, 0.2) is 0 Å². The Labute approximate surface area is 181 Å². The van der Waals surface area contributed by atoms with E-state index in [9.17, 15) is 4.79 Å². The molecule has 0 atom stereocenters. The highest BCUT2D eigenvalue weighted by molar-refractivity contribution is 5.82. The first-order valence-corrected chi connectivity index (χ1v) is 10.9. The van der Waals surface area contributed by atoms with Crippen molar-refractivity contribution in [1.82, 2.24) is 14.7 Å². The molecule has 2 heterocycles. The highest BCUT2D eigenvalue weighted by Crippen LogP contribution is 2.29. The van der Waals surface area contributed by atoms with Gasteiger partial charge in [0.1, 0.15) is 5.58 Å². The van der Waals surface area contributed by atoms with Gasteiger partial charge in [-0.1, -0.05) is 18.2 Å². The highest BCUT2D eigenvalue weighted by Gasteiger charge is 2.18. The molecule has 158 valence electrons. The van der Waals surface area contributed by atoms with E-state index < -0.39 is 0 Å². The Hall–Kier alpha value is -3.18. The van der Waals surface area contributed by atoms with Crippen LogP contribution < -0.4 is 5.63 Å². The number of benzene rings is 2. The van der Waals surface area contributed by atoms with Gasteiger partial charge in [-0.2, -0.15) is 5.10 Å². The molecule has 5 rings (SSSR count). The number of aryl methyl sites for hydroxylation is 3. The van der Waals surface area contributed by atoms with Crippen LogP contribution in [0.2, 0.25) is 0 Å². The van der Waals surface area contributed by atoms with Crippen molar-refractivity contribution < 1.29 is 4.42 Å². The molecule has 0 N–H and O–H groups in total. The van der Waals surface area contributed by atoms with Gasteiger partial charge in [-0.25, -0.2) is 9.48 Å². The van der Waals surface area contributed by atoms with Gasteiger partial charge in [-0.05, 0) is 81.1 Å². The van der Waals surface area contributed by atoms with Crippen molar-refractivity contribution in [2.24, 2.45) is 0 Å². The van der Waals surface area contributed by atoms with Crippen LogP contribution in [0.4, 0.5) is 0 Å². The summed E-state index contributed by atoms with van der Waals surface area (Å²) in [6, 6.07) is 16.2. The number of para-hydroxylation sites is 1. The van der Waals surface area contributed by atoms with Crippen LogP contribution in [0.1, 0.15) is 40.1 Å². The molecule has 0 fully saturated rings. The first-order chi connectivity index (χ1) is 15.0. The number of hydrogen-bond acceptors (Lipinski definition) is 4. The minimum Gasteiger partial charge on any atom is -0.423 e. The van der Waals surface area contributed by atoms with E-state index in [-0.39, 0.29) is 5.63 Å². The Balaban J connectivity index is 1.44. The summed E-state index contributed by atoms with van der Waals surface area (Å²) >= 11 is 0. The molecule has 1 aliphatic rings. The molecule has 0 amide bonds. The smallest absolute Gasteiger partial charge is 0.336 e. The van der Waals surface area contributed by atoms with Gasteiger partial charge in [0.2, 0.25) is 0 Å². The summed E-state index contributed by atoms with van der Waals surface area (Å²) in [6.07, 6.45) is 3.36. The van der Waals surface area contributed by atoms with Gasteiger partial charge in [-0.3, -0.25) is 4.90 Å². The zero-order chi connectivity index (χ0) is 21.5. The van der Waals surface area contributed by atoms with Crippen molar-refractivity contribution in [2.45, 2.75) is 46.2 Å². The normalized spacial score (nSPS) is 13.3. The minimum atomic E-state index is -0.280. The summed E-state index contributed by atoms with van der Waals surface area (Å²) in [6.45, 7) is 5.62. The summed E-state index contributed by atoms with van der Waals surface area (Å²) in [5, 5.41) is 5.82. The van der Waals surface area contributed by atoms with Crippen molar-refractivity contribution in [2.75, 3.05) is 7.05 Å². The van der Waals surface area contributed by atoms with Gasteiger partial charge in [0, 0.05) is 35.8 Å². The van der Waals surface area contributed by atoms with Crippen molar-refractivity contribution in [3.05, 3.63) is 92.6 Å². The first-order valence-electron chi connectivity index (χ1n) is 10.9. The van der Waals surface area contributed by atoms with Crippen molar-refractivity contribution in [3.63, 3.8) is 0 Å². The quantitative estimate of drug-likeness (QED) is 0.445. The molecule has 1 aliphatic carbocycles. The van der Waals surface area contributed by atoms with Gasteiger partial charge in [0.25, 0.3) is 0 Å². The molecule has 0 aliphatic heterocycles. The molecule has 5 heteroatoms. The Morgan fingerprint density at radius 1 is 1.03 bits per heavy atom. The summed E-state index contributed by atoms with van der Waals surface area (Å²) in [5.41, 5.74) is 8.63. The van der Waals surface area contributed by atoms with Crippen LogP contribution in [0.3, 0.4) is 0 Å². The molecule has 0 spiro atoms. The van der Waals surface area contributed by atoms with E-state index in [1.807, 2.05) is 22.9 Å². The molecular formula is C26H27N3O2. The Morgan fingerprint density at radius 2 is 1.77 bits per heavy atom. The van der Waals surface area contributed by atoms with E-state index in [1.54, 1.807) is 6.07 Å². The van der Waals surface area contributed by atoms with Crippen LogP contribution in [0, 0.1) is 13.8 Å². The fourth-order valence-electron chi connectivity index (χ4n) is 4.77. The number of nitrogens with zero attached hydrogens (tertiary/aromatic N) is 3. The third kappa shape index (κ3) is 3.70. The van der Waals surface area contributed by atoms with Crippen LogP contribution in [-0.4, -0.2) is 21.7 Å². The molecule has 4 aromatic rings. The average molecular weight is 414 g/mol. The van der Waals surface area contributed by atoms with Crippen molar-refractivity contribution in [3.8, 4) is 5.69 Å². The zero-order valence-electron chi connectivity index (χ0n) is 18.3.